The standard InChI is InChI=1S/C9H14O3/c1-10-7-4-5-8(11-2)9(6-7)12-3/h6H,4-5H2,1-3H3. The van der Waals surface area contributed by atoms with Crippen LogP contribution in [-0.4, -0.2) is 21.3 Å². The van der Waals surface area contributed by atoms with Crippen molar-refractivity contribution in [1.82, 2.24) is 0 Å². The summed E-state index contributed by atoms with van der Waals surface area (Å²) in [4.78, 5) is 0. The highest BCUT2D eigenvalue weighted by atomic mass is 16.5. The molecule has 0 aromatic heterocycles. The van der Waals surface area contributed by atoms with Crippen LogP contribution in [0.3, 0.4) is 0 Å². The summed E-state index contributed by atoms with van der Waals surface area (Å²) in [6, 6.07) is 0. The van der Waals surface area contributed by atoms with Crippen molar-refractivity contribution in [3.05, 3.63) is 23.4 Å². The molecule has 1 rings (SSSR count). The highest BCUT2D eigenvalue weighted by Gasteiger charge is 2.14. The molecule has 0 atom stereocenters. The molecule has 0 saturated carbocycles. The molecular formula is C9H14O3. The van der Waals surface area contributed by atoms with Crippen molar-refractivity contribution in [2.24, 2.45) is 0 Å². The summed E-state index contributed by atoms with van der Waals surface area (Å²) < 4.78 is 15.4. The Morgan fingerprint density at radius 3 is 2.25 bits per heavy atom. The quantitative estimate of drug-likeness (QED) is 0.646. The minimum absolute atomic E-state index is 0.764. The van der Waals surface area contributed by atoms with Gasteiger partial charge < -0.3 is 14.2 Å². The van der Waals surface area contributed by atoms with Crippen molar-refractivity contribution in [3.8, 4) is 0 Å². The normalized spacial score (nSPS) is 17.1. The molecule has 1 aliphatic rings. The maximum absolute atomic E-state index is 5.14. The molecule has 0 N–H and O–H groups in total. The van der Waals surface area contributed by atoms with Crippen molar-refractivity contribution in [3.63, 3.8) is 0 Å². The van der Waals surface area contributed by atoms with Gasteiger partial charge >= 0.3 is 0 Å². The lowest BCUT2D eigenvalue weighted by atomic mass is 10.1. The third-order valence-electron chi connectivity index (χ3n) is 1.89. The van der Waals surface area contributed by atoms with Crippen molar-refractivity contribution < 1.29 is 14.2 Å². The van der Waals surface area contributed by atoms with E-state index in [-0.39, 0.29) is 0 Å². The molecule has 1 aliphatic carbocycles. The van der Waals surface area contributed by atoms with Gasteiger partial charge in [0.15, 0.2) is 5.76 Å². The van der Waals surface area contributed by atoms with Crippen LogP contribution >= 0.6 is 0 Å². The summed E-state index contributed by atoms with van der Waals surface area (Å²) in [5, 5.41) is 0. The topological polar surface area (TPSA) is 27.7 Å². The lowest BCUT2D eigenvalue weighted by Gasteiger charge is -2.17. The van der Waals surface area contributed by atoms with E-state index in [4.69, 9.17) is 14.2 Å². The van der Waals surface area contributed by atoms with Crippen molar-refractivity contribution in [2.75, 3.05) is 21.3 Å². The van der Waals surface area contributed by atoms with Gasteiger partial charge in [-0.15, -0.1) is 0 Å². The summed E-state index contributed by atoms with van der Waals surface area (Å²) in [6.45, 7) is 0. The van der Waals surface area contributed by atoms with Crippen molar-refractivity contribution in [1.29, 1.82) is 0 Å². The summed E-state index contributed by atoms with van der Waals surface area (Å²) in [6.07, 6.45) is 3.59. The fourth-order valence-electron chi connectivity index (χ4n) is 1.20. The first-order valence-corrected chi connectivity index (χ1v) is 3.87. The molecule has 0 spiro atoms. The van der Waals surface area contributed by atoms with Crippen LogP contribution in [0.4, 0.5) is 0 Å². The highest BCUT2D eigenvalue weighted by molar-refractivity contribution is 5.23. The Morgan fingerprint density at radius 2 is 1.75 bits per heavy atom. The van der Waals surface area contributed by atoms with Crippen molar-refractivity contribution >= 4 is 0 Å². The smallest absolute Gasteiger partial charge is 0.159 e. The molecule has 0 saturated heterocycles. The van der Waals surface area contributed by atoms with Gasteiger partial charge in [0.2, 0.25) is 0 Å². The number of rotatable bonds is 3. The second-order valence-electron chi connectivity index (χ2n) is 2.51. The van der Waals surface area contributed by atoms with Gasteiger partial charge in [0.1, 0.15) is 5.76 Å². The summed E-state index contributed by atoms with van der Waals surface area (Å²) >= 11 is 0. The SMILES string of the molecule is COC1=CC(OC)=C(OC)CC1. The summed E-state index contributed by atoms with van der Waals surface area (Å²) in [7, 11) is 4.94. The number of hydrogen-bond acceptors (Lipinski definition) is 3. The number of hydrogen-bond donors (Lipinski definition) is 0. The molecule has 0 bridgehead atoms. The van der Waals surface area contributed by atoms with E-state index in [2.05, 4.69) is 0 Å². The molecule has 12 heavy (non-hydrogen) atoms. The Kier molecular flexibility index (Phi) is 3.02. The monoisotopic (exact) mass is 170 g/mol. The largest absolute Gasteiger partial charge is 0.501 e. The van der Waals surface area contributed by atoms with E-state index in [1.165, 1.54) is 0 Å². The fourth-order valence-corrected chi connectivity index (χ4v) is 1.20. The van der Waals surface area contributed by atoms with Crippen molar-refractivity contribution in [2.45, 2.75) is 12.8 Å². The Labute approximate surface area is 72.6 Å². The second kappa shape index (κ2) is 4.04. The zero-order valence-electron chi connectivity index (χ0n) is 7.72. The maximum atomic E-state index is 5.14. The second-order valence-corrected chi connectivity index (χ2v) is 2.51. The third kappa shape index (κ3) is 1.72. The van der Waals surface area contributed by atoms with Crippen LogP contribution in [0.5, 0.6) is 0 Å². The molecule has 3 heteroatoms. The average molecular weight is 170 g/mol. The molecule has 0 amide bonds. The van der Waals surface area contributed by atoms with E-state index in [9.17, 15) is 0 Å². The molecule has 0 aliphatic heterocycles. The number of allylic oxidation sites excluding steroid dienone is 3. The van der Waals surface area contributed by atoms with Crippen LogP contribution < -0.4 is 0 Å². The molecule has 3 nitrogen and oxygen atoms in total. The van der Waals surface area contributed by atoms with Gasteiger partial charge in [-0.2, -0.15) is 0 Å². The van der Waals surface area contributed by atoms with Crippen LogP contribution in [0.15, 0.2) is 23.4 Å². The van der Waals surface area contributed by atoms with Crippen LogP contribution in [0.1, 0.15) is 12.8 Å². The zero-order valence-corrected chi connectivity index (χ0v) is 7.72. The van der Waals surface area contributed by atoms with Gasteiger partial charge in [-0.1, -0.05) is 0 Å². The Bertz CT molecular complexity index is 216. The van der Waals surface area contributed by atoms with E-state index in [0.717, 1.165) is 30.1 Å². The predicted octanol–water partition coefficient (Wildman–Crippen LogP) is 1.81. The molecule has 0 aromatic carbocycles. The molecule has 68 valence electrons. The van der Waals surface area contributed by atoms with E-state index < -0.39 is 0 Å². The molecule has 0 fully saturated rings. The first-order valence-electron chi connectivity index (χ1n) is 3.87. The van der Waals surface area contributed by atoms with E-state index in [1.807, 2.05) is 6.08 Å². The fraction of sp³-hybridized carbons (Fsp3) is 0.556. The third-order valence-corrected chi connectivity index (χ3v) is 1.89. The minimum atomic E-state index is 0.764. The highest BCUT2D eigenvalue weighted by Crippen LogP contribution is 2.24. The first-order chi connectivity index (χ1) is 5.81. The molecule has 0 heterocycles. The van der Waals surface area contributed by atoms with Crippen LogP contribution in [-0.2, 0) is 14.2 Å². The van der Waals surface area contributed by atoms with Gasteiger partial charge in [-0.05, 0) is 0 Å². The molecule has 0 unspecified atom stereocenters. The lowest BCUT2D eigenvalue weighted by molar-refractivity contribution is 0.199. The summed E-state index contributed by atoms with van der Waals surface area (Å²) in [5.41, 5.74) is 0. The Morgan fingerprint density at radius 1 is 1.00 bits per heavy atom. The maximum Gasteiger partial charge on any atom is 0.159 e. The van der Waals surface area contributed by atoms with E-state index in [0.29, 0.717) is 0 Å². The number of ether oxygens (including phenoxy) is 3. The molecule has 0 radical (unpaired) electrons. The average Bonchev–Trinajstić information content (AvgIpc) is 2.16. The molecular weight excluding hydrogens is 156 g/mol. The predicted molar refractivity (Wildman–Crippen MR) is 45.4 cm³/mol. The van der Waals surface area contributed by atoms with Gasteiger partial charge in [-0.3, -0.25) is 0 Å². The van der Waals surface area contributed by atoms with Gasteiger partial charge in [0.05, 0.1) is 27.1 Å². The first kappa shape index (κ1) is 8.97. The van der Waals surface area contributed by atoms with E-state index in [1.54, 1.807) is 21.3 Å². The van der Waals surface area contributed by atoms with E-state index >= 15 is 0 Å². The van der Waals surface area contributed by atoms with Gasteiger partial charge in [0, 0.05) is 18.9 Å². The molecule has 0 aromatic rings. The van der Waals surface area contributed by atoms with Crippen LogP contribution in [0, 0.1) is 0 Å². The number of methoxy groups -OCH3 is 3. The van der Waals surface area contributed by atoms with Crippen LogP contribution in [0.2, 0.25) is 0 Å². The summed E-state index contributed by atoms with van der Waals surface area (Å²) in [5.74, 6) is 2.59. The van der Waals surface area contributed by atoms with Gasteiger partial charge in [-0.25, -0.2) is 0 Å². The van der Waals surface area contributed by atoms with Gasteiger partial charge in [0.25, 0.3) is 0 Å². The Hall–Kier alpha value is -1.12. The minimum Gasteiger partial charge on any atom is -0.501 e. The lowest BCUT2D eigenvalue weighted by Crippen LogP contribution is -2.03. The van der Waals surface area contributed by atoms with Crippen LogP contribution in [0.25, 0.3) is 0 Å². The zero-order chi connectivity index (χ0) is 8.97. The Balaban J connectivity index is 2.81.